The first kappa shape index (κ1) is 13.9. The molecule has 0 aliphatic carbocycles. The van der Waals surface area contributed by atoms with E-state index in [-0.39, 0.29) is 10.6 Å². The lowest BCUT2D eigenvalue weighted by molar-refractivity contribution is -0.384. The normalized spacial score (nSPS) is 11.6. The van der Waals surface area contributed by atoms with Crippen LogP contribution in [0, 0.1) is 10.1 Å². The predicted octanol–water partition coefficient (Wildman–Crippen LogP) is 2.40. The molecular weight excluding hydrogens is 280 g/mol. The Kier molecular flexibility index (Phi) is 3.90. The Morgan fingerprint density at radius 1 is 1.05 bits per heavy atom. The van der Waals surface area contributed by atoms with Crippen LogP contribution >= 0.6 is 0 Å². The Labute approximate surface area is 115 Å². The lowest BCUT2D eigenvalue weighted by Crippen LogP contribution is -1.97. The summed E-state index contributed by atoms with van der Waals surface area (Å²) in [7, 11) is -3.79. The van der Waals surface area contributed by atoms with Crippen LogP contribution in [0.1, 0.15) is 5.56 Å². The highest BCUT2D eigenvalue weighted by Gasteiger charge is 2.11. The molecule has 0 atom stereocenters. The van der Waals surface area contributed by atoms with E-state index in [0.717, 1.165) is 6.21 Å². The average molecular weight is 290 g/mol. The van der Waals surface area contributed by atoms with Crippen molar-refractivity contribution in [2.45, 2.75) is 4.90 Å². The lowest BCUT2D eigenvalue weighted by atomic mass is 10.2. The van der Waals surface area contributed by atoms with Gasteiger partial charge in [-0.2, -0.15) is 12.8 Å². The molecule has 2 aromatic carbocycles. The van der Waals surface area contributed by atoms with Crippen LogP contribution in [0.2, 0.25) is 0 Å². The van der Waals surface area contributed by atoms with Crippen LogP contribution in [0.4, 0.5) is 5.69 Å². The van der Waals surface area contributed by atoms with Crippen molar-refractivity contribution in [1.82, 2.24) is 0 Å². The van der Waals surface area contributed by atoms with Crippen LogP contribution in [-0.2, 0) is 10.0 Å². The molecular formula is C13H10N2O4S. The zero-order valence-corrected chi connectivity index (χ0v) is 11.0. The second kappa shape index (κ2) is 5.62. The fraction of sp³-hybridized carbons (Fsp3) is 0. The molecule has 0 bridgehead atoms. The largest absolute Gasteiger partial charge is 0.282 e. The van der Waals surface area contributed by atoms with Gasteiger partial charge in [0.05, 0.1) is 9.82 Å². The first-order valence-electron chi connectivity index (χ1n) is 5.59. The van der Waals surface area contributed by atoms with Gasteiger partial charge < -0.3 is 0 Å². The summed E-state index contributed by atoms with van der Waals surface area (Å²) in [6.45, 7) is 0. The first-order valence-corrected chi connectivity index (χ1v) is 7.03. The highest BCUT2D eigenvalue weighted by molar-refractivity contribution is 7.90. The lowest BCUT2D eigenvalue weighted by Gasteiger charge is -1.97. The highest BCUT2D eigenvalue weighted by Crippen LogP contribution is 2.14. The second-order valence-corrected chi connectivity index (χ2v) is 5.51. The minimum absolute atomic E-state index is 0.0710. The maximum atomic E-state index is 11.9. The number of rotatable bonds is 4. The number of nitro benzene ring substituents is 1. The Morgan fingerprint density at radius 2 is 1.75 bits per heavy atom. The van der Waals surface area contributed by atoms with E-state index in [9.17, 15) is 18.5 Å². The van der Waals surface area contributed by atoms with Crippen LogP contribution in [0.15, 0.2) is 63.9 Å². The zero-order chi connectivity index (χ0) is 14.6. The summed E-state index contributed by atoms with van der Waals surface area (Å²) in [6.07, 6.45) is 1.09. The monoisotopic (exact) mass is 290 g/mol. The van der Waals surface area contributed by atoms with E-state index in [1.807, 2.05) is 0 Å². The van der Waals surface area contributed by atoms with Crippen molar-refractivity contribution >= 4 is 21.9 Å². The first-order chi connectivity index (χ1) is 9.49. The topological polar surface area (TPSA) is 89.6 Å². The quantitative estimate of drug-likeness (QED) is 0.491. The molecule has 20 heavy (non-hydrogen) atoms. The van der Waals surface area contributed by atoms with E-state index in [4.69, 9.17) is 0 Å². The van der Waals surface area contributed by atoms with Crippen molar-refractivity contribution in [3.63, 3.8) is 0 Å². The summed E-state index contributed by atoms with van der Waals surface area (Å²) in [5.74, 6) is 0. The molecule has 0 aliphatic rings. The predicted molar refractivity (Wildman–Crippen MR) is 74.3 cm³/mol. The van der Waals surface area contributed by atoms with Crippen molar-refractivity contribution in [2.75, 3.05) is 0 Å². The van der Waals surface area contributed by atoms with Gasteiger partial charge in [0.1, 0.15) is 0 Å². The summed E-state index contributed by atoms with van der Waals surface area (Å²) in [6, 6.07) is 13.3. The highest BCUT2D eigenvalue weighted by atomic mass is 32.2. The van der Waals surface area contributed by atoms with Gasteiger partial charge in [-0.15, -0.1) is 0 Å². The fourth-order valence-electron chi connectivity index (χ4n) is 1.50. The number of hydrogen-bond acceptors (Lipinski definition) is 4. The summed E-state index contributed by atoms with van der Waals surface area (Å²) in [5, 5.41) is 10.6. The molecule has 2 aromatic rings. The summed E-state index contributed by atoms with van der Waals surface area (Å²) < 4.78 is 27.3. The van der Waals surface area contributed by atoms with Crippen LogP contribution < -0.4 is 0 Å². The number of sulfonamides is 1. The molecule has 102 valence electrons. The maximum Gasteiger partial charge on any atom is 0.282 e. The van der Waals surface area contributed by atoms with Crippen LogP contribution in [0.25, 0.3) is 0 Å². The molecule has 0 unspecified atom stereocenters. The van der Waals surface area contributed by atoms with Crippen molar-refractivity contribution in [2.24, 2.45) is 4.40 Å². The Balaban J connectivity index is 2.30. The molecule has 0 aliphatic heterocycles. The molecule has 0 heterocycles. The molecule has 6 nitrogen and oxygen atoms in total. The number of nitro groups is 1. The average Bonchev–Trinajstić information content (AvgIpc) is 2.46. The second-order valence-electron chi connectivity index (χ2n) is 3.87. The third-order valence-electron chi connectivity index (χ3n) is 2.46. The van der Waals surface area contributed by atoms with Crippen molar-refractivity contribution in [3.8, 4) is 0 Å². The van der Waals surface area contributed by atoms with Crippen molar-refractivity contribution in [1.29, 1.82) is 0 Å². The summed E-state index contributed by atoms with van der Waals surface area (Å²) in [4.78, 5) is 10.1. The van der Waals surface area contributed by atoms with E-state index < -0.39 is 14.9 Å². The maximum absolute atomic E-state index is 11.9. The summed E-state index contributed by atoms with van der Waals surface area (Å²) in [5.41, 5.74) is 0.227. The van der Waals surface area contributed by atoms with E-state index >= 15 is 0 Å². The van der Waals surface area contributed by atoms with Gasteiger partial charge in [-0.1, -0.05) is 30.3 Å². The molecule has 0 aromatic heterocycles. The van der Waals surface area contributed by atoms with E-state index in [2.05, 4.69) is 4.40 Å². The smallest absolute Gasteiger partial charge is 0.258 e. The SMILES string of the molecule is O=[N+]([O-])c1cccc(C=NS(=O)(=O)c2ccccc2)c1. The molecule has 0 N–H and O–H groups in total. The van der Waals surface area contributed by atoms with Gasteiger partial charge in [0.2, 0.25) is 0 Å². The molecule has 7 heteroatoms. The van der Waals surface area contributed by atoms with E-state index in [1.165, 1.54) is 36.4 Å². The Hall–Kier alpha value is -2.54. The van der Waals surface area contributed by atoms with Gasteiger partial charge in [0.25, 0.3) is 15.7 Å². The van der Waals surface area contributed by atoms with Gasteiger partial charge in [0, 0.05) is 23.9 Å². The fourth-order valence-corrected chi connectivity index (χ4v) is 2.39. The number of nitrogens with zero attached hydrogens (tertiary/aromatic N) is 2. The van der Waals surface area contributed by atoms with Gasteiger partial charge in [-0.3, -0.25) is 10.1 Å². The van der Waals surface area contributed by atoms with Crippen molar-refractivity contribution < 1.29 is 13.3 Å². The third-order valence-corrected chi connectivity index (χ3v) is 3.71. The van der Waals surface area contributed by atoms with Crippen molar-refractivity contribution in [3.05, 3.63) is 70.3 Å². The third kappa shape index (κ3) is 3.27. The van der Waals surface area contributed by atoms with Crippen LogP contribution in [0.3, 0.4) is 0 Å². The molecule has 0 saturated heterocycles. The van der Waals surface area contributed by atoms with Gasteiger partial charge in [-0.05, 0) is 12.1 Å². The number of benzene rings is 2. The molecule has 0 spiro atoms. The Bertz CT molecular complexity index is 755. The standard InChI is InChI=1S/C13H10N2O4S/c16-15(17)12-6-4-5-11(9-12)10-14-20(18,19)13-7-2-1-3-8-13/h1-10H. The van der Waals surface area contributed by atoms with E-state index in [1.54, 1.807) is 18.2 Å². The molecule has 0 radical (unpaired) electrons. The summed E-state index contributed by atoms with van der Waals surface area (Å²) >= 11 is 0. The minimum atomic E-state index is -3.79. The molecule has 0 fully saturated rings. The minimum Gasteiger partial charge on any atom is -0.258 e. The van der Waals surface area contributed by atoms with Crippen LogP contribution in [0.5, 0.6) is 0 Å². The molecule has 0 amide bonds. The molecule has 2 rings (SSSR count). The Morgan fingerprint density at radius 3 is 2.40 bits per heavy atom. The van der Waals surface area contributed by atoms with Gasteiger partial charge in [0.15, 0.2) is 0 Å². The van der Waals surface area contributed by atoms with Gasteiger partial charge >= 0.3 is 0 Å². The van der Waals surface area contributed by atoms with Gasteiger partial charge in [-0.25, -0.2) is 0 Å². The van der Waals surface area contributed by atoms with E-state index in [0.29, 0.717) is 5.56 Å². The van der Waals surface area contributed by atoms with Crippen LogP contribution in [-0.4, -0.2) is 19.6 Å². The number of non-ortho nitro benzene ring substituents is 1. The molecule has 0 saturated carbocycles. The number of hydrogen-bond donors (Lipinski definition) is 0. The zero-order valence-electron chi connectivity index (χ0n) is 10.2.